The molecule has 1 amide bonds. The van der Waals surface area contributed by atoms with Crippen molar-refractivity contribution >= 4 is 34.9 Å². The molecule has 0 saturated heterocycles. The van der Waals surface area contributed by atoms with E-state index in [2.05, 4.69) is 5.32 Å². The van der Waals surface area contributed by atoms with Gasteiger partial charge in [0.1, 0.15) is 5.75 Å². The summed E-state index contributed by atoms with van der Waals surface area (Å²) in [6.45, 7) is -0.529. The number of esters is 1. The van der Waals surface area contributed by atoms with E-state index in [1.54, 1.807) is 24.3 Å². The molecule has 0 aliphatic heterocycles. The van der Waals surface area contributed by atoms with Crippen LogP contribution in [0, 0.1) is 10.1 Å². The number of hydrogen-bond acceptors (Lipinski definition) is 6. The van der Waals surface area contributed by atoms with E-state index >= 15 is 0 Å². The Bertz CT molecular complexity index is 823. The molecule has 0 fully saturated rings. The monoisotopic (exact) mass is 378 g/mol. The number of nitro groups is 1. The molecule has 0 spiro atoms. The Morgan fingerprint density at radius 3 is 2.50 bits per heavy atom. The highest BCUT2D eigenvalue weighted by Gasteiger charge is 2.15. The number of nitrogens with one attached hydrogen (secondary N) is 1. The van der Waals surface area contributed by atoms with Crippen LogP contribution < -0.4 is 10.1 Å². The van der Waals surface area contributed by atoms with Crippen LogP contribution in [0.1, 0.15) is 5.56 Å². The van der Waals surface area contributed by atoms with Gasteiger partial charge in [-0.3, -0.25) is 19.7 Å². The van der Waals surface area contributed by atoms with Crippen molar-refractivity contribution in [3.8, 4) is 5.75 Å². The van der Waals surface area contributed by atoms with Crippen LogP contribution in [0.25, 0.3) is 0 Å². The molecule has 0 atom stereocenters. The number of non-ortho nitro benzene ring substituents is 1. The first-order valence-corrected chi connectivity index (χ1v) is 7.79. The van der Waals surface area contributed by atoms with Gasteiger partial charge in [-0.05, 0) is 23.8 Å². The average Bonchev–Trinajstić information content (AvgIpc) is 2.62. The summed E-state index contributed by atoms with van der Waals surface area (Å²) in [6.07, 6.45) is -0.00935. The van der Waals surface area contributed by atoms with Crippen LogP contribution in [0.5, 0.6) is 5.75 Å². The van der Waals surface area contributed by atoms with Crippen molar-refractivity contribution in [2.75, 3.05) is 19.0 Å². The maximum atomic E-state index is 11.9. The zero-order chi connectivity index (χ0) is 19.1. The van der Waals surface area contributed by atoms with Gasteiger partial charge in [0.25, 0.3) is 11.6 Å². The highest BCUT2D eigenvalue weighted by Crippen LogP contribution is 2.28. The van der Waals surface area contributed by atoms with E-state index in [1.807, 2.05) is 0 Å². The summed E-state index contributed by atoms with van der Waals surface area (Å²) < 4.78 is 9.94. The third-order valence-electron chi connectivity index (χ3n) is 3.29. The molecule has 2 aromatic carbocycles. The van der Waals surface area contributed by atoms with Gasteiger partial charge in [0.2, 0.25) is 0 Å². The molecule has 9 heteroatoms. The number of carbonyl (C=O) groups is 2. The second-order valence-corrected chi connectivity index (χ2v) is 5.59. The van der Waals surface area contributed by atoms with Gasteiger partial charge in [-0.25, -0.2) is 0 Å². The number of benzene rings is 2. The van der Waals surface area contributed by atoms with E-state index in [9.17, 15) is 19.7 Å². The number of nitro benzene ring substituents is 1. The normalized spacial score (nSPS) is 10.1. The van der Waals surface area contributed by atoms with Gasteiger partial charge < -0.3 is 14.8 Å². The predicted molar refractivity (Wildman–Crippen MR) is 94.4 cm³/mol. The van der Waals surface area contributed by atoms with E-state index < -0.39 is 23.4 Å². The molecule has 0 aliphatic rings. The van der Waals surface area contributed by atoms with Gasteiger partial charge in [0.15, 0.2) is 6.61 Å². The first-order valence-electron chi connectivity index (χ1n) is 7.41. The van der Waals surface area contributed by atoms with Crippen molar-refractivity contribution in [2.45, 2.75) is 6.42 Å². The number of halogens is 1. The van der Waals surface area contributed by atoms with Crippen molar-refractivity contribution in [2.24, 2.45) is 0 Å². The van der Waals surface area contributed by atoms with Gasteiger partial charge in [0, 0.05) is 17.2 Å². The fourth-order valence-electron chi connectivity index (χ4n) is 2.06. The Hall–Kier alpha value is -3.13. The topological polar surface area (TPSA) is 108 Å². The highest BCUT2D eigenvalue weighted by atomic mass is 35.5. The summed E-state index contributed by atoms with van der Waals surface area (Å²) >= 11 is 5.76. The molecule has 1 N–H and O–H groups in total. The molecule has 0 unspecified atom stereocenters. The highest BCUT2D eigenvalue weighted by molar-refractivity contribution is 6.30. The minimum Gasteiger partial charge on any atom is -0.495 e. The molecule has 136 valence electrons. The van der Waals surface area contributed by atoms with Crippen molar-refractivity contribution in [1.29, 1.82) is 0 Å². The zero-order valence-electron chi connectivity index (χ0n) is 13.7. The number of rotatable bonds is 7. The van der Waals surface area contributed by atoms with Crippen LogP contribution in [0.4, 0.5) is 11.4 Å². The van der Waals surface area contributed by atoms with Crippen LogP contribution in [-0.2, 0) is 20.7 Å². The molecule has 0 aromatic heterocycles. The summed E-state index contributed by atoms with van der Waals surface area (Å²) in [7, 11) is 1.36. The largest absolute Gasteiger partial charge is 0.495 e. The Balaban J connectivity index is 1.92. The molecular weight excluding hydrogens is 364 g/mol. The summed E-state index contributed by atoms with van der Waals surface area (Å²) in [5.74, 6) is -0.988. The zero-order valence-corrected chi connectivity index (χ0v) is 14.5. The van der Waals surface area contributed by atoms with E-state index in [-0.39, 0.29) is 23.5 Å². The SMILES string of the molecule is COc1ccc([N+](=O)[O-])cc1NC(=O)COC(=O)Cc1ccc(Cl)cc1. The Morgan fingerprint density at radius 1 is 1.19 bits per heavy atom. The van der Waals surface area contributed by atoms with Crippen LogP contribution in [0.15, 0.2) is 42.5 Å². The Kier molecular flexibility index (Phi) is 6.51. The molecule has 0 radical (unpaired) electrons. The molecule has 2 rings (SSSR count). The van der Waals surface area contributed by atoms with E-state index in [4.69, 9.17) is 21.1 Å². The lowest BCUT2D eigenvalue weighted by molar-refractivity contribution is -0.384. The lowest BCUT2D eigenvalue weighted by Crippen LogP contribution is -2.22. The third kappa shape index (κ3) is 5.45. The van der Waals surface area contributed by atoms with Crippen LogP contribution in [0.2, 0.25) is 5.02 Å². The fraction of sp³-hybridized carbons (Fsp3) is 0.176. The molecule has 8 nitrogen and oxygen atoms in total. The van der Waals surface area contributed by atoms with E-state index in [1.165, 1.54) is 19.2 Å². The molecular formula is C17H15ClN2O6. The van der Waals surface area contributed by atoms with Crippen molar-refractivity contribution in [1.82, 2.24) is 0 Å². The number of hydrogen-bond donors (Lipinski definition) is 1. The number of ether oxygens (including phenoxy) is 2. The van der Waals surface area contributed by atoms with Gasteiger partial charge in [-0.2, -0.15) is 0 Å². The average molecular weight is 379 g/mol. The van der Waals surface area contributed by atoms with Gasteiger partial charge >= 0.3 is 5.97 Å². The second kappa shape index (κ2) is 8.82. The van der Waals surface area contributed by atoms with Crippen LogP contribution in [0.3, 0.4) is 0 Å². The third-order valence-corrected chi connectivity index (χ3v) is 3.55. The fourth-order valence-corrected chi connectivity index (χ4v) is 2.19. The number of carbonyl (C=O) groups excluding carboxylic acids is 2. The van der Waals surface area contributed by atoms with Gasteiger partial charge in [-0.1, -0.05) is 23.7 Å². The van der Waals surface area contributed by atoms with Crippen molar-refractivity contribution < 1.29 is 24.0 Å². The summed E-state index contributed by atoms with van der Waals surface area (Å²) in [5, 5.41) is 13.8. The number of anilines is 1. The number of methoxy groups -OCH3 is 1. The van der Waals surface area contributed by atoms with E-state index in [0.717, 1.165) is 6.07 Å². The van der Waals surface area contributed by atoms with Crippen molar-refractivity contribution in [3.05, 3.63) is 63.2 Å². The minimum absolute atomic E-state index is 0.00935. The molecule has 0 bridgehead atoms. The summed E-state index contributed by atoms with van der Waals surface area (Å²) in [6, 6.07) is 10.4. The lowest BCUT2D eigenvalue weighted by atomic mass is 10.1. The van der Waals surface area contributed by atoms with Gasteiger partial charge in [0.05, 0.1) is 24.1 Å². The summed E-state index contributed by atoms with van der Waals surface area (Å²) in [5.41, 5.74) is 0.599. The first-order chi connectivity index (χ1) is 12.4. The quantitative estimate of drug-likeness (QED) is 0.451. The Labute approximate surface area is 153 Å². The number of amides is 1. The summed E-state index contributed by atoms with van der Waals surface area (Å²) in [4.78, 5) is 33.9. The van der Waals surface area contributed by atoms with Gasteiger partial charge in [-0.15, -0.1) is 0 Å². The molecule has 26 heavy (non-hydrogen) atoms. The second-order valence-electron chi connectivity index (χ2n) is 5.15. The number of nitrogens with zero attached hydrogens (tertiary/aromatic N) is 1. The Morgan fingerprint density at radius 2 is 1.88 bits per heavy atom. The van der Waals surface area contributed by atoms with Crippen LogP contribution in [-0.4, -0.2) is 30.5 Å². The standard InChI is InChI=1S/C17H15ClN2O6/c1-25-15-7-6-13(20(23)24)9-14(15)19-16(21)10-26-17(22)8-11-2-4-12(18)5-3-11/h2-7,9H,8,10H2,1H3,(H,19,21). The minimum atomic E-state index is -0.645. The molecule has 2 aromatic rings. The van der Waals surface area contributed by atoms with Crippen LogP contribution >= 0.6 is 11.6 Å². The maximum absolute atomic E-state index is 11.9. The lowest BCUT2D eigenvalue weighted by Gasteiger charge is -2.10. The molecule has 0 heterocycles. The molecule has 0 saturated carbocycles. The maximum Gasteiger partial charge on any atom is 0.310 e. The van der Waals surface area contributed by atoms with Crippen molar-refractivity contribution in [3.63, 3.8) is 0 Å². The van der Waals surface area contributed by atoms with E-state index in [0.29, 0.717) is 10.6 Å². The smallest absolute Gasteiger partial charge is 0.310 e. The predicted octanol–water partition coefficient (Wildman–Crippen LogP) is 2.98. The molecule has 0 aliphatic carbocycles. The first kappa shape index (κ1) is 19.2.